The van der Waals surface area contributed by atoms with E-state index in [0.29, 0.717) is 24.5 Å². The molecule has 9 nitrogen and oxygen atoms in total. The lowest BCUT2D eigenvalue weighted by atomic mass is 9.89. The number of aliphatic hydroxyl groups excluding tert-OH is 2. The highest BCUT2D eigenvalue weighted by molar-refractivity contribution is 5.89. The Balaban J connectivity index is 1.03. The Morgan fingerprint density at radius 2 is 1.38 bits per heavy atom. The number of anilines is 1. The first-order valence-corrected chi connectivity index (χ1v) is 19.8. The third-order valence-corrected chi connectivity index (χ3v) is 10.9. The van der Waals surface area contributed by atoms with Crippen molar-refractivity contribution in [1.82, 2.24) is 10.2 Å². The van der Waals surface area contributed by atoms with E-state index in [9.17, 15) is 15.0 Å². The van der Waals surface area contributed by atoms with E-state index in [4.69, 9.17) is 14.2 Å². The van der Waals surface area contributed by atoms with Crippen LogP contribution >= 0.6 is 0 Å². The third-order valence-electron chi connectivity index (χ3n) is 10.9. The van der Waals surface area contributed by atoms with Crippen molar-refractivity contribution in [1.29, 1.82) is 0 Å². The van der Waals surface area contributed by atoms with Crippen LogP contribution in [0.3, 0.4) is 0 Å². The van der Waals surface area contributed by atoms with Crippen LogP contribution in [0.15, 0.2) is 158 Å². The van der Waals surface area contributed by atoms with Crippen LogP contribution in [0.5, 0.6) is 11.5 Å². The average Bonchev–Trinajstić information content (AvgIpc) is 3.27. The van der Waals surface area contributed by atoms with E-state index in [1.54, 1.807) is 12.1 Å². The van der Waals surface area contributed by atoms with Crippen LogP contribution in [0.1, 0.15) is 60.2 Å². The summed E-state index contributed by atoms with van der Waals surface area (Å²) in [5, 5.41) is 26.8. The Hall–Kier alpha value is -5.81. The topological polar surface area (TPSA) is 113 Å². The molecule has 0 spiro atoms. The molecule has 1 saturated heterocycles. The number of rotatable bonds is 14. The summed E-state index contributed by atoms with van der Waals surface area (Å²) in [6.45, 7) is 5.06. The number of urea groups is 1. The Kier molecular flexibility index (Phi) is 13.3. The molecule has 0 radical (unpaired) electrons. The minimum absolute atomic E-state index is 0.0105. The van der Waals surface area contributed by atoms with Gasteiger partial charge in [0, 0.05) is 36.3 Å². The summed E-state index contributed by atoms with van der Waals surface area (Å²) < 4.78 is 19.4. The van der Waals surface area contributed by atoms with E-state index in [0.717, 1.165) is 44.7 Å². The first-order valence-electron chi connectivity index (χ1n) is 19.8. The van der Waals surface area contributed by atoms with Gasteiger partial charge in [-0.05, 0) is 83.8 Å². The summed E-state index contributed by atoms with van der Waals surface area (Å²) in [6, 6.07) is 50.2. The number of hydrogen-bond donors (Lipinski definition) is 4. The zero-order valence-corrected chi connectivity index (χ0v) is 33.1. The van der Waals surface area contributed by atoms with Crippen LogP contribution in [0, 0.1) is 5.92 Å². The van der Waals surface area contributed by atoms with Crippen LogP contribution in [-0.2, 0) is 22.6 Å². The molecule has 6 aromatic carbocycles. The second-order valence-electron chi connectivity index (χ2n) is 14.9. The highest BCUT2D eigenvalue weighted by atomic mass is 16.7. The highest BCUT2D eigenvalue weighted by Gasteiger charge is 2.39. The number of aliphatic hydroxyl groups is 2. The van der Waals surface area contributed by atoms with Gasteiger partial charge in [-0.1, -0.05) is 128 Å². The van der Waals surface area contributed by atoms with Crippen molar-refractivity contribution in [3.05, 3.63) is 186 Å². The largest absolute Gasteiger partial charge is 0.457 e. The molecule has 9 heteroatoms. The third kappa shape index (κ3) is 10.0. The lowest BCUT2D eigenvalue weighted by Crippen LogP contribution is -2.46. The first-order chi connectivity index (χ1) is 28.2. The molecular formula is C49H51N3O6. The Morgan fingerprint density at radius 3 is 2.07 bits per heavy atom. The zero-order valence-electron chi connectivity index (χ0n) is 33.1. The molecule has 0 unspecified atom stereocenters. The number of hydrogen-bond acceptors (Lipinski definition) is 7. The van der Waals surface area contributed by atoms with Crippen LogP contribution in [-0.4, -0.2) is 46.9 Å². The molecule has 0 bridgehead atoms. The lowest BCUT2D eigenvalue weighted by molar-refractivity contribution is -0.276. The molecule has 7 rings (SSSR count). The van der Waals surface area contributed by atoms with E-state index < -0.39 is 12.4 Å². The number of carbonyl (C=O) groups excluding carboxylic acids is 1. The zero-order chi connectivity index (χ0) is 40.4. The number of para-hydroxylation sites is 1. The molecule has 58 heavy (non-hydrogen) atoms. The number of benzene rings is 6. The van der Waals surface area contributed by atoms with E-state index >= 15 is 0 Å². The van der Waals surface area contributed by atoms with Crippen molar-refractivity contribution < 1.29 is 29.2 Å². The lowest BCUT2D eigenvalue weighted by Gasteiger charge is -2.43. The van der Waals surface area contributed by atoms with Gasteiger partial charge >= 0.3 is 6.03 Å². The quantitative estimate of drug-likeness (QED) is 0.0872. The fraction of sp³-hybridized carbons (Fsp3) is 0.245. The summed E-state index contributed by atoms with van der Waals surface area (Å²) in [5.74, 6) is 1.41. The Labute approximate surface area is 340 Å². The van der Waals surface area contributed by atoms with Crippen LogP contribution in [0.2, 0.25) is 0 Å². The number of amides is 2. The second kappa shape index (κ2) is 19.1. The van der Waals surface area contributed by atoms with Gasteiger partial charge in [-0.15, -0.1) is 0 Å². The van der Waals surface area contributed by atoms with Crippen molar-refractivity contribution in [2.75, 3.05) is 18.9 Å². The summed E-state index contributed by atoms with van der Waals surface area (Å²) >= 11 is 0. The van der Waals surface area contributed by atoms with Gasteiger partial charge in [0.25, 0.3) is 0 Å². The van der Waals surface area contributed by atoms with Crippen LogP contribution in [0.25, 0.3) is 11.1 Å². The predicted molar refractivity (Wildman–Crippen MR) is 227 cm³/mol. The maximum absolute atomic E-state index is 12.9. The molecular weight excluding hydrogens is 727 g/mol. The smallest absolute Gasteiger partial charge is 0.319 e. The molecule has 2 amide bonds. The van der Waals surface area contributed by atoms with E-state index in [-0.39, 0.29) is 36.8 Å². The van der Waals surface area contributed by atoms with E-state index in [1.807, 2.05) is 147 Å². The maximum atomic E-state index is 12.9. The van der Waals surface area contributed by atoms with Gasteiger partial charge < -0.3 is 35.1 Å². The predicted octanol–water partition coefficient (Wildman–Crippen LogP) is 9.81. The summed E-state index contributed by atoms with van der Waals surface area (Å²) in [7, 11) is 2.02. The SMILES string of the molecule is C[C@H]1[C@@H](CN(C)[C@H](C)[C@@H](O)c2ccccc2)O[C@@H](c2ccc(-c3ccccc3CNC(=O)Nc3ccc(Oc4ccccc4)cc3)cc2)O[C@H]1c1ccc(CO)cc1. The Morgan fingerprint density at radius 1 is 0.759 bits per heavy atom. The van der Waals surface area contributed by atoms with Crippen molar-refractivity contribution >= 4 is 11.7 Å². The average molecular weight is 778 g/mol. The summed E-state index contributed by atoms with van der Waals surface area (Å²) in [6.07, 6.45) is -1.77. The number of ether oxygens (including phenoxy) is 3. The van der Waals surface area contributed by atoms with E-state index in [1.165, 1.54) is 0 Å². The summed E-state index contributed by atoms with van der Waals surface area (Å²) in [4.78, 5) is 15.1. The minimum Gasteiger partial charge on any atom is -0.457 e. The molecule has 0 aliphatic carbocycles. The van der Waals surface area contributed by atoms with Crippen LogP contribution < -0.4 is 15.4 Å². The normalized spacial score (nSPS) is 18.9. The number of carbonyl (C=O) groups is 1. The van der Waals surface area contributed by atoms with Gasteiger partial charge in [-0.25, -0.2) is 4.79 Å². The fourth-order valence-corrected chi connectivity index (χ4v) is 7.31. The van der Waals surface area contributed by atoms with Gasteiger partial charge in [0.2, 0.25) is 0 Å². The minimum atomic E-state index is -0.655. The molecule has 0 aromatic heterocycles. The van der Waals surface area contributed by atoms with Crippen LogP contribution in [0.4, 0.5) is 10.5 Å². The number of nitrogens with zero attached hydrogens (tertiary/aromatic N) is 1. The van der Waals surface area contributed by atoms with Gasteiger partial charge in [0.15, 0.2) is 6.29 Å². The van der Waals surface area contributed by atoms with Crippen molar-refractivity contribution in [2.24, 2.45) is 5.92 Å². The van der Waals surface area contributed by atoms with Crippen molar-refractivity contribution in [2.45, 2.75) is 57.6 Å². The maximum Gasteiger partial charge on any atom is 0.319 e. The van der Waals surface area contributed by atoms with Gasteiger partial charge in [0.05, 0.1) is 24.9 Å². The molecule has 1 heterocycles. The molecule has 298 valence electrons. The van der Waals surface area contributed by atoms with Crippen molar-refractivity contribution in [3.8, 4) is 22.6 Å². The standard InChI is InChI=1S/C49H51N3O6/c1-33-45(31-52(3)34(2)46(54)37-12-6-4-7-13-37)57-48(58-47(33)38-20-18-35(32-53)19-21-38)39-24-22-36(23-25-39)44-17-11-10-14-40(44)30-50-49(55)51-41-26-28-43(29-27-41)56-42-15-8-5-9-16-42/h4-29,33-34,45-48,53-54H,30-32H2,1-3H3,(H2,50,51,55)/t33-,34+,45+,46+,47+,48+/m0/s1. The summed E-state index contributed by atoms with van der Waals surface area (Å²) in [5.41, 5.74) is 7.23. The monoisotopic (exact) mass is 777 g/mol. The molecule has 6 aromatic rings. The van der Waals surface area contributed by atoms with E-state index in [2.05, 4.69) is 34.6 Å². The first kappa shape index (κ1) is 40.4. The molecule has 1 aliphatic heterocycles. The molecule has 6 atom stereocenters. The van der Waals surface area contributed by atoms with Gasteiger partial charge in [-0.2, -0.15) is 0 Å². The Bertz CT molecular complexity index is 2200. The second-order valence-corrected chi connectivity index (χ2v) is 14.9. The molecule has 0 saturated carbocycles. The number of nitrogens with one attached hydrogen (secondary N) is 2. The number of likely N-dealkylation sites (N-methyl/N-ethyl adjacent to an activating group) is 1. The molecule has 1 fully saturated rings. The fourth-order valence-electron chi connectivity index (χ4n) is 7.31. The molecule has 4 N–H and O–H groups in total. The molecule has 1 aliphatic rings. The highest BCUT2D eigenvalue weighted by Crippen LogP contribution is 2.42. The van der Waals surface area contributed by atoms with Crippen molar-refractivity contribution in [3.63, 3.8) is 0 Å². The van der Waals surface area contributed by atoms with Gasteiger partial charge in [-0.3, -0.25) is 4.90 Å². The van der Waals surface area contributed by atoms with Gasteiger partial charge in [0.1, 0.15) is 11.5 Å².